The third-order valence-electron chi connectivity index (χ3n) is 4.94. The van der Waals surface area contributed by atoms with Crippen molar-refractivity contribution in [2.24, 2.45) is 4.99 Å². The Kier molecular flexibility index (Phi) is 8.00. The molecule has 140 valence electrons. The Labute approximate surface area is 157 Å². The van der Waals surface area contributed by atoms with Crippen molar-refractivity contribution in [2.75, 3.05) is 53.4 Å². The molecule has 1 N–H and O–H groups in total. The molecule has 0 amide bonds. The van der Waals surface area contributed by atoms with Crippen LogP contribution in [0.4, 0.5) is 0 Å². The molecule has 25 heavy (non-hydrogen) atoms. The van der Waals surface area contributed by atoms with Gasteiger partial charge in [-0.2, -0.15) is 0 Å². The van der Waals surface area contributed by atoms with E-state index in [1.807, 2.05) is 19.2 Å². The van der Waals surface area contributed by atoms with Gasteiger partial charge in [0.15, 0.2) is 5.96 Å². The van der Waals surface area contributed by atoms with Gasteiger partial charge < -0.3 is 15.1 Å². The third-order valence-corrected chi connectivity index (χ3v) is 5.19. The first-order chi connectivity index (χ1) is 12.0. The first-order valence-electron chi connectivity index (χ1n) is 9.16. The van der Waals surface area contributed by atoms with Crippen LogP contribution in [0.3, 0.4) is 0 Å². The second-order valence-corrected chi connectivity index (χ2v) is 7.17. The fraction of sp³-hybridized carbons (Fsp3) is 0.632. The predicted molar refractivity (Wildman–Crippen MR) is 107 cm³/mol. The Balaban J connectivity index is 1.80. The fourth-order valence-corrected chi connectivity index (χ4v) is 3.34. The summed E-state index contributed by atoms with van der Waals surface area (Å²) in [7, 11) is 3.90. The van der Waals surface area contributed by atoms with Crippen molar-refractivity contribution >= 4 is 17.6 Å². The Bertz CT molecular complexity index is 537. The summed E-state index contributed by atoms with van der Waals surface area (Å²) in [6.45, 7) is 12.0. The van der Waals surface area contributed by atoms with Crippen LogP contribution in [-0.2, 0) is 6.54 Å². The standard InChI is InChI=1S/C19H32ClN5/c1-5-24-10-12-25(13-11-24)16(2)14-22-19(21-3)23(4)15-17-6-8-18(20)9-7-17/h6-9,16H,5,10-15H2,1-4H3,(H,21,22). The SMILES string of the molecule is CCN1CCN(C(C)CNC(=NC)N(C)Cc2ccc(Cl)cc2)CC1. The quantitative estimate of drug-likeness (QED) is 0.620. The number of nitrogens with one attached hydrogen (secondary N) is 1. The summed E-state index contributed by atoms with van der Waals surface area (Å²) in [5.41, 5.74) is 1.22. The summed E-state index contributed by atoms with van der Waals surface area (Å²) < 4.78 is 0. The van der Waals surface area contributed by atoms with E-state index in [1.54, 1.807) is 0 Å². The molecule has 0 aliphatic carbocycles. The van der Waals surface area contributed by atoms with Crippen LogP contribution in [0, 0.1) is 0 Å². The molecule has 0 aromatic heterocycles. The van der Waals surface area contributed by atoms with E-state index in [9.17, 15) is 0 Å². The van der Waals surface area contributed by atoms with Gasteiger partial charge in [-0.05, 0) is 31.2 Å². The Hall–Kier alpha value is -1.30. The molecule has 1 atom stereocenters. The highest BCUT2D eigenvalue weighted by Crippen LogP contribution is 2.11. The summed E-state index contributed by atoms with van der Waals surface area (Å²) in [5, 5.41) is 4.29. The number of nitrogens with zero attached hydrogens (tertiary/aromatic N) is 4. The molecule has 6 heteroatoms. The van der Waals surface area contributed by atoms with Gasteiger partial charge in [-0.1, -0.05) is 30.7 Å². The van der Waals surface area contributed by atoms with Gasteiger partial charge in [0.2, 0.25) is 0 Å². The second kappa shape index (κ2) is 10.00. The van der Waals surface area contributed by atoms with E-state index in [0.717, 1.165) is 43.7 Å². The number of rotatable bonds is 6. The van der Waals surface area contributed by atoms with Crippen molar-refractivity contribution in [3.8, 4) is 0 Å². The van der Waals surface area contributed by atoms with E-state index in [4.69, 9.17) is 11.6 Å². The molecular weight excluding hydrogens is 334 g/mol. The molecule has 1 aromatic carbocycles. The zero-order valence-electron chi connectivity index (χ0n) is 16.0. The van der Waals surface area contributed by atoms with Gasteiger partial charge in [0, 0.05) is 64.4 Å². The highest BCUT2D eigenvalue weighted by atomic mass is 35.5. The average Bonchev–Trinajstić information content (AvgIpc) is 2.64. The molecule has 1 saturated heterocycles. The normalized spacial score (nSPS) is 18.2. The molecule has 2 rings (SSSR count). The summed E-state index contributed by atoms with van der Waals surface area (Å²) in [4.78, 5) is 11.6. The third kappa shape index (κ3) is 6.17. The molecule has 0 spiro atoms. The molecule has 1 aliphatic heterocycles. The number of guanidine groups is 1. The van der Waals surface area contributed by atoms with Crippen LogP contribution in [0.2, 0.25) is 5.02 Å². The number of benzene rings is 1. The molecule has 1 aliphatic rings. The molecule has 1 fully saturated rings. The molecule has 1 unspecified atom stereocenters. The van der Waals surface area contributed by atoms with Crippen LogP contribution in [-0.4, -0.2) is 80.1 Å². The zero-order chi connectivity index (χ0) is 18.2. The largest absolute Gasteiger partial charge is 0.355 e. The molecule has 0 radical (unpaired) electrons. The Morgan fingerprint density at radius 3 is 2.44 bits per heavy atom. The monoisotopic (exact) mass is 365 g/mol. The van der Waals surface area contributed by atoms with Gasteiger partial charge in [0.1, 0.15) is 0 Å². The molecular formula is C19H32ClN5. The maximum atomic E-state index is 5.96. The number of piperazine rings is 1. The smallest absolute Gasteiger partial charge is 0.193 e. The highest BCUT2D eigenvalue weighted by molar-refractivity contribution is 6.30. The van der Waals surface area contributed by atoms with Gasteiger partial charge >= 0.3 is 0 Å². The van der Waals surface area contributed by atoms with Crippen molar-refractivity contribution in [2.45, 2.75) is 26.4 Å². The predicted octanol–water partition coefficient (Wildman–Crippen LogP) is 2.37. The molecule has 1 heterocycles. The number of aliphatic imine (C=N–C) groups is 1. The first-order valence-corrected chi connectivity index (χ1v) is 9.54. The van der Waals surface area contributed by atoms with Gasteiger partial charge in [-0.15, -0.1) is 0 Å². The van der Waals surface area contributed by atoms with Crippen molar-refractivity contribution in [1.82, 2.24) is 20.0 Å². The van der Waals surface area contributed by atoms with Crippen molar-refractivity contribution in [1.29, 1.82) is 0 Å². The first kappa shape index (κ1) is 20.0. The Morgan fingerprint density at radius 1 is 1.24 bits per heavy atom. The van der Waals surface area contributed by atoms with E-state index in [2.05, 4.69) is 58.0 Å². The van der Waals surface area contributed by atoms with E-state index in [1.165, 1.54) is 18.7 Å². The van der Waals surface area contributed by atoms with Gasteiger partial charge in [-0.25, -0.2) is 0 Å². The van der Waals surface area contributed by atoms with Crippen LogP contribution in [0.5, 0.6) is 0 Å². The second-order valence-electron chi connectivity index (χ2n) is 6.73. The fourth-order valence-electron chi connectivity index (χ4n) is 3.21. The average molecular weight is 366 g/mol. The topological polar surface area (TPSA) is 34.1 Å². The molecule has 5 nitrogen and oxygen atoms in total. The van der Waals surface area contributed by atoms with E-state index >= 15 is 0 Å². The van der Waals surface area contributed by atoms with Crippen molar-refractivity contribution in [3.05, 3.63) is 34.9 Å². The minimum Gasteiger partial charge on any atom is -0.355 e. The maximum Gasteiger partial charge on any atom is 0.193 e. The lowest BCUT2D eigenvalue weighted by atomic mass is 10.2. The number of halogens is 1. The van der Waals surface area contributed by atoms with Gasteiger partial charge in [0.25, 0.3) is 0 Å². The summed E-state index contributed by atoms with van der Waals surface area (Å²) in [6, 6.07) is 8.47. The summed E-state index contributed by atoms with van der Waals surface area (Å²) in [5.74, 6) is 0.925. The zero-order valence-corrected chi connectivity index (χ0v) is 16.8. The highest BCUT2D eigenvalue weighted by Gasteiger charge is 2.20. The number of hydrogen-bond acceptors (Lipinski definition) is 3. The maximum absolute atomic E-state index is 5.96. The van der Waals surface area contributed by atoms with Crippen LogP contribution in [0.1, 0.15) is 19.4 Å². The Morgan fingerprint density at radius 2 is 1.88 bits per heavy atom. The van der Waals surface area contributed by atoms with Crippen molar-refractivity contribution in [3.63, 3.8) is 0 Å². The van der Waals surface area contributed by atoms with Gasteiger partial charge in [-0.3, -0.25) is 9.89 Å². The number of likely N-dealkylation sites (N-methyl/N-ethyl adjacent to an activating group) is 1. The lowest BCUT2D eigenvalue weighted by Gasteiger charge is -2.38. The van der Waals surface area contributed by atoms with Crippen LogP contribution in [0.15, 0.2) is 29.3 Å². The van der Waals surface area contributed by atoms with Gasteiger partial charge in [0.05, 0.1) is 0 Å². The van der Waals surface area contributed by atoms with Crippen LogP contribution in [0.25, 0.3) is 0 Å². The number of hydrogen-bond donors (Lipinski definition) is 1. The minimum atomic E-state index is 0.500. The minimum absolute atomic E-state index is 0.500. The lowest BCUT2D eigenvalue weighted by Crippen LogP contribution is -2.53. The van der Waals surface area contributed by atoms with E-state index in [-0.39, 0.29) is 0 Å². The lowest BCUT2D eigenvalue weighted by molar-refractivity contribution is 0.107. The molecule has 0 bridgehead atoms. The summed E-state index contributed by atoms with van der Waals surface area (Å²) >= 11 is 5.96. The van der Waals surface area contributed by atoms with E-state index in [0.29, 0.717) is 6.04 Å². The van der Waals surface area contributed by atoms with E-state index < -0.39 is 0 Å². The molecule has 0 saturated carbocycles. The van der Waals surface area contributed by atoms with Crippen LogP contribution >= 0.6 is 11.6 Å². The summed E-state index contributed by atoms with van der Waals surface area (Å²) in [6.07, 6.45) is 0. The molecule has 1 aromatic rings. The van der Waals surface area contributed by atoms with Crippen LogP contribution < -0.4 is 5.32 Å². The van der Waals surface area contributed by atoms with Crippen molar-refractivity contribution < 1.29 is 0 Å².